The molecular weight excluding hydrogens is 365 g/mol. The zero-order valence-corrected chi connectivity index (χ0v) is 14.7. The minimum absolute atomic E-state index is 0.155. The number of anilines is 2. The summed E-state index contributed by atoms with van der Waals surface area (Å²) in [4.78, 5) is 34.8. The summed E-state index contributed by atoms with van der Waals surface area (Å²) >= 11 is 12.1. The number of rotatable bonds is 4. The number of carbonyl (C=O) groups is 2. The Kier molecular flexibility index (Phi) is 5.35. The third-order valence-electron chi connectivity index (χ3n) is 3.85. The summed E-state index contributed by atoms with van der Waals surface area (Å²) in [5, 5.41) is 3.76. The quantitative estimate of drug-likeness (QED) is 0.825. The minimum atomic E-state index is -0.155. The average Bonchev–Trinajstić information content (AvgIpc) is 2.65. The molecule has 0 radical (unpaired) electrons. The van der Waals surface area contributed by atoms with Gasteiger partial charge in [-0.15, -0.1) is 0 Å². The van der Waals surface area contributed by atoms with E-state index in [0.29, 0.717) is 53.4 Å². The third-order valence-corrected chi connectivity index (χ3v) is 4.67. The highest BCUT2D eigenvalue weighted by Crippen LogP contribution is 2.30. The van der Waals surface area contributed by atoms with Crippen LogP contribution in [-0.4, -0.2) is 58.3 Å². The molecule has 7 nitrogen and oxygen atoms in total. The van der Waals surface area contributed by atoms with Gasteiger partial charge in [0.1, 0.15) is 0 Å². The highest BCUT2D eigenvalue weighted by atomic mass is 35.5. The number of amides is 2. The molecular formula is C16H15Cl2N5O2. The van der Waals surface area contributed by atoms with Crippen LogP contribution >= 0.6 is 23.2 Å². The predicted molar refractivity (Wildman–Crippen MR) is 95.3 cm³/mol. The van der Waals surface area contributed by atoms with Crippen molar-refractivity contribution in [2.24, 2.45) is 0 Å². The van der Waals surface area contributed by atoms with Gasteiger partial charge in [0.2, 0.25) is 12.4 Å². The first kappa shape index (κ1) is 17.4. The van der Waals surface area contributed by atoms with Crippen LogP contribution in [0, 0.1) is 0 Å². The summed E-state index contributed by atoms with van der Waals surface area (Å²) < 4.78 is 0. The number of halogens is 2. The van der Waals surface area contributed by atoms with Crippen molar-refractivity contribution in [3.63, 3.8) is 0 Å². The molecule has 1 aliphatic rings. The molecule has 2 aromatic rings. The van der Waals surface area contributed by atoms with Crippen molar-refractivity contribution in [2.45, 2.75) is 0 Å². The highest BCUT2D eigenvalue weighted by Gasteiger charge is 2.21. The molecule has 1 aliphatic heterocycles. The van der Waals surface area contributed by atoms with Gasteiger partial charge in [-0.25, -0.2) is 9.97 Å². The molecule has 1 aromatic heterocycles. The van der Waals surface area contributed by atoms with Crippen LogP contribution in [0.3, 0.4) is 0 Å². The zero-order valence-electron chi connectivity index (χ0n) is 13.2. The fourth-order valence-corrected chi connectivity index (χ4v) is 2.78. The molecule has 0 bridgehead atoms. The van der Waals surface area contributed by atoms with Crippen molar-refractivity contribution >= 4 is 47.2 Å². The van der Waals surface area contributed by atoms with Gasteiger partial charge < -0.3 is 15.1 Å². The Hall–Kier alpha value is -2.38. The molecule has 1 saturated heterocycles. The van der Waals surface area contributed by atoms with Gasteiger partial charge in [-0.05, 0) is 12.1 Å². The first-order chi connectivity index (χ1) is 12.1. The molecule has 0 unspecified atom stereocenters. The fraction of sp³-hybridized carbons (Fsp3) is 0.250. The van der Waals surface area contributed by atoms with E-state index in [-0.39, 0.29) is 5.91 Å². The Morgan fingerprint density at radius 3 is 2.44 bits per heavy atom. The second-order valence-corrected chi connectivity index (χ2v) is 6.24. The average molecular weight is 380 g/mol. The topological polar surface area (TPSA) is 78.4 Å². The van der Waals surface area contributed by atoms with Crippen LogP contribution in [0.15, 0.2) is 30.6 Å². The summed E-state index contributed by atoms with van der Waals surface area (Å²) in [6.07, 6.45) is 3.72. The van der Waals surface area contributed by atoms with E-state index < -0.39 is 0 Å². The molecule has 1 N–H and O–H groups in total. The standard InChI is InChI=1S/C16H15Cl2N5O2/c17-12-2-1-3-13(14(12)18)21-16-19-8-11(9-20-16)15(25)23-6-4-22(10-24)5-7-23/h1-3,8-10H,4-7H2,(H,19,20,21). The van der Waals surface area contributed by atoms with Gasteiger partial charge in [-0.3, -0.25) is 9.59 Å². The van der Waals surface area contributed by atoms with Gasteiger partial charge in [0.05, 0.1) is 21.3 Å². The Bertz CT molecular complexity index is 777. The van der Waals surface area contributed by atoms with Crippen LogP contribution in [0.5, 0.6) is 0 Å². The van der Waals surface area contributed by atoms with E-state index in [0.717, 1.165) is 6.41 Å². The maximum atomic E-state index is 12.4. The van der Waals surface area contributed by atoms with E-state index in [1.807, 2.05) is 0 Å². The largest absolute Gasteiger partial charge is 0.342 e. The van der Waals surface area contributed by atoms with Crippen molar-refractivity contribution in [1.82, 2.24) is 19.8 Å². The van der Waals surface area contributed by atoms with E-state index in [2.05, 4.69) is 15.3 Å². The summed E-state index contributed by atoms with van der Waals surface area (Å²) in [5.41, 5.74) is 0.973. The van der Waals surface area contributed by atoms with Crippen LogP contribution < -0.4 is 5.32 Å². The summed E-state index contributed by atoms with van der Waals surface area (Å²) in [7, 11) is 0. The molecule has 0 saturated carbocycles. The van der Waals surface area contributed by atoms with Crippen LogP contribution in [0.25, 0.3) is 0 Å². The van der Waals surface area contributed by atoms with Crippen molar-refractivity contribution < 1.29 is 9.59 Å². The third kappa shape index (κ3) is 4.00. The predicted octanol–water partition coefficient (Wildman–Crippen LogP) is 2.44. The lowest BCUT2D eigenvalue weighted by molar-refractivity contribution is -0.119. The molecule has 0 spiro atoms. The number of carbonyl (C=O) groups excluding carboxylic acids is 2. The molecule has 2 heterocycles. The van der Waals surface area contributed by atoms with Crippen LogP contribution in [-0.2, 0) is 4.79 Å². The summed E-state index contributed by atoms with van der Waals surface area (Å²) in [5.74, 6) is 0.157. The number of hydrogen-bond acceptors (Lipinski definition) is 5. The number of benzene rings is 1. The monoisotopic (exact) mass is 379 g/mol. The normalized spacial score (nSPS) is 14.3. The Labute approximate surface area is 154 Å². The molecule has 9 heteroatoms. The van der Waals surface area contributed by atoms with Crippen molar-refractivity contribution in [1.29, 1.82) is 0 Å². The number of hydrogen-bond donors (Lipinski definition) is 1. The van der Waals surface area contributed by atoms with E-state index in [9.17, 15) is 9.59 Å². The van der Waals surface area contributed by atoms with Gasteiger partial charge in [0.25, 0.3) is 5.91 Å². The maximum Gasteiger partial charge on any atom is 0.257 e. The second-order valence-electron chi connectivity index (χ2n) is 5.46. The van der Waals surface area contributed by atoms with Gasteiger partial charge >= 0.3 is 0 Å². The smallest absolute Gasteiger partial charge is 0.257 e. The first-order valence-electron chi connectivity index (χ1n) is 7.60. The summed E-state index contributed by atoms with van der Waals surface area (Å²) in [6.45, 7) is 2.05. The molecule has 0 aliphatic carbocycles. The van der Waals surface area contributed by atoms with Gasteiger partial charge in [-0.1, -0.05) is 29.3 Å². The van der Waals surface area contributed by atoms with Gasteiger partial charge in [0, 0.05) is 38.6 Å². The number of aromatic nitrogens is 2. The number of nitrogens with one attached hydrogen (secondary N) is 1. The molecule has 2 amide bonds. The van der Waals surface area contributed by atoms with Crippen molar-refractivity contribution in [3.05, 3.63) is 46.2 Å². The number of piperazine rings is 1. The minimum Gasteiger partial charge on any atom is -0.342 e. The maximum absolute atomic E-state index is 12.4. The van der Waals surface area contributed by atoms with Crippen molar-refractivity contribution in [2.75, 3.05) is 31.5 Å². The fourth-order valence-electron chi connectivity index (χ4n) is 2.44. The van der Waals surface area contributed by atoms with E-state index in [1.165, 1.54) is 12.4 Å². The Morgan fingerprint density at radius 2 is 1.80 bits per heavy atom. The second kappa shape index (κ2) is 7.67. The first-order valence-corrected chi connectivity index (χ1v) is 8.36. The SMILES string of the molecule is O=CN1CCN(C(=O)c2cnc(Nc3cccc(Cl)c3Cl)nc2)CC1. The van der Waals surface area contributed by atoms with Crippen LogP contribution in [0.1, 0.15) is 10.4 Å². The molecule has 130 valence electrons. The highest BCUT2D eigenvalue weighted by molar-refractivity contribution is 6.43. The van der Waals surface area contributed by atoms with E-state index in [1.54, 1.807) is 28.0 Å². The molecule has 1 fully saturated rings. The van der Waals surface area contributed by atoms with E-state index in [4.69, 9.17) is 23.2 Å². The zero-order chi connectivity index (χ0) is 17.8. The Balaban J connectivity index is 1.67. The molecule has 25 heavy (non-hydrogen) atoms. The van der Waals surface area contributed by atoms with Crippen LogP contribution in [0.4, 0.5) is 11.6 Å². The van der Waals surface area contributed by atoms with Gasteiger partial charge in [-0.2, -0.15) is 0 Å². The van der Waals surface area contributed by atoms with Gasteiger partial charge in [0.15, 0.2) is 0 Å². The lowest BCUT2D eigenvalue weighted by Gasteiger charge is -2.32. The Morgan fingerprint density at radius 1 is 1.12 bits per heavy atom. The molecule has 3 rings (SSSR count). The summed E-state index contributed by atoms with van der Waals surface area (Å²) in [6, 6.07) is 5.19. The van der Waals surface area contributed by atoms with E-state index >= 15 is 0 Å². The lowest BCUT2D eigenvalue weighted by Crippen LogP contribution is -2.48. The lowest BCUT2D eigenvalue weighted by atomic mass is 10.2. The molecule has 0 atom stereocenters. The number of nitrogens with zero attached hydrogens (tertiary/aromatic N) is 4. The van der Waals surface area contributed by atoms with Crippen LogP contribution in [0.2, 0.25) is 10.0 Å². The van der Waals surface area contributed by atoms with Crippen molar-refractivity contribution in [3.8, 4) is 0 Å². The molecule has 1 aromatic carbocycles.